The van der Waals surface area contributed by atoms with E-state index in [1.165, 1.54) is 6.07 Å². The smallest absolute Gasteiger partial charge is 0.358 e. The van der Waals surface area contributed by atoms with E-state index in [0.29, 0.717) is 0 Å². The first-order valence-electron chi connectivity index (χ1n) is 3.11. The van der Waals surface area contributed by atoms with Gasteiger partial charge in [0.25, 0.3) is 0 Å². The van der Waals surface area contributed by atoms with E-state index in [4.69, 9.17) is 0 Å². The Labute approximate surface area is 85.3 Å². The topological polar surface area (TPSA) is 56.0 Å². The molecule has 0 unspecified atom stereocenters. The van der Waals surface area contributed by atoms with Gasteiger partial charge in [0.05, 0.1) is 3.57 Å². The summed E-state index contributed by atoms with van der Waals surface area (Å²) in [4.78, 5) is 12.6. The van der Waals surface area contributed by atoms with Gasteiger partial charge in [-0.25, -0.2) is 8.78 Å². The van der Waals surface area contributed by atoms with Crippen molar-refractivity contribution in [3.05, 3.63) is 31.5 Å². The average Bonchev–Trinajstić information content (AvgIpc) is 2.04. The molecule has 0 aliphatic carbocycles. The van der Waals surface area contributed by atoms with Crippen molar-refractivity contribution < 1.29 is 13.7 Å². The van der Waals surface area contributed by atoms with Crippen LogP contribution in [0.3, 0.4) is 0 Å². The molecular formula is C6H3F2IN2O2. The van der Waals surface area contributed by atoms with Crippen LogP contribution in [0.15, 0.2) is 12.1 Å². The zero-order valence-corrected chi connectivity index (χ0v) is 8.23. The molecule has 13 heavy (non-hydrogen) atoms. The molecule has 0 bridgehead atoms. The minimum absolute atomic E-state index is 0.221. The molecule has 0 saturated heterocycles. The van der Waals surface area contributed by atoms with Gasteiger partial charge in [-0.2, -0.15) is 0 Å². The van der Waals surface area contributed by atoms with Gasteiger partial charge in [-0.15, -0.1) is 0 Å². The van der Waals surface area contributed by atoms with Gasteiger partial charge in [0.2, 0.25) is 5.69 Å². The third-order valence-corrected chi connectivity index (χ3v) is 2.16. The molecule has 0 amide bonds. The monoisotopic (exact) mass is 300 g/mol. The summed E-state index contributed by atoms with van der Waals surface area (Å²) < 4.78 is 24.6. The van der Waals surface area contributed by atoms with Gasteiger partial charge >= 0.3 is 12.2 Å². The van der Waals surface area contributed by atoms with Crippen molar-refractivity contribution in [2.75, 3.05) is 0 Å². The number of aromatic nitrogens is 1. The fourth-order valence-electron chi connectivity index (χ4n) is 0.702. The van der Waals surface area contributed by atoms with Gasteiger partial charge in [-0.3, -0.25) is 0 Å². The van der Waals surface area contributed by atoms with E-state index in [1.54, 1.807) is 22.6 Å². The molecule has 4 nitrogen and oxygen atoms in total. The molecule has 0 N–H and O–H groups in total. The Bertz CT molecular complexity index is 345. The number of hydrogen-bond acceptors (Lipinski definition) is 3. The van der Waals surface area contributed by atoms with Crippen molar-refractivity contribution in [3.63, 3.8) is 0 Å². The summed E-state index contributed by atoms with van der Waals surface area (Å²) in [6, 6.07) is 2.33. The largest absolute Gasteiger partial charge is 0.363 e. The SMILES string of the molecule is O=[N+]([O-])c1ccc(I)c(C(F)F)n1. The summed E-state index contributed by atoms with van der Waals surface area (Å²) in [5.41, 5.74) is -0.546. The highest BCUT2D eigenvalue weighted by Gasteiger charge is 2.21. The Morgan fingerprint density at radius 3 is 2.62 bits per heavy atom. The third-order valence-electron chi connectivity index (χ3n) is 1.25. The van der Waals surface area contributed by atoms with Gasteiger partial charge in [0.15, 0.2) is 0 Å². The van der Waals surface area contributed by atoms with Crippen LogP contribution in [0.5, 0.6) is 0 Å². The highest BCUT2D eigenvalue weighted by Crippen LogP contribution is 2.24. The van der Waals surface area contributed by atoms with Gasteiger partial charge in [-0.1, -0.05) is 0 Å². The van der Waals surface area contributed by atoms with Crippen LogP contribution in [-0.4, -0.2) is 9.91 Å². The maximum atomic E-state index is 12.2. The van der Waals surface area contributed by atoms with Gasteiger partial charge in [0, 0.05) is 6.07 Å². The molecule has 1 rings (SSSR count). The van der Waals surface area contributed by atoms with Crippen molar-refractivity contribution in [1.29, 1.82) is 0 Å². The van der Waals surface area contributed by atoms with Crippen LogP contribution in [0.2, 0.25) is 0 Å². The summed E-state index contributed by atoms with van der Waals surface area (Å²) in [5.74, 6) is -0.560. The molecule has 0 atom stereocenters. The Balaban J connectivity index is 3.19. The van der Waals surface area contributed by atoms with E-state index < -0.39 is 22.9 Å². The number of nitro groups is 1. The zero-order valence-electron chi connectivity index (χ0n) is 6.08. The first-order valence-corrected chi connectivity index (χ1v) is 4.19. The van der Waals surface area contributed by atoms with E-state index in [-0.39, 0.29) is 3.57 Å². The second-order valence-corrected chi connectivity index (χ2v) is 3.26. The maximum absolute atomic E-state index is 12.2. The molecule has 70 valence electrons. The molecule has 7 heteroatoms. The fraction of sp³-hybridized carbons (Fsp3) is 0.167. The molecule has 0 spiro atoms. The summed E-state index contributed by atoms with van der Waals surface area (Å²) in [5, 5.41) is 10.2. The molecular weight excluding hydrogens is 297 g/mol. The van der Waals surface area contributed by atoms with Gasteiger partial charge < -0.3 is 10.1 Å². The molecule has 1 aromatic rings. The molecule has 0 aliphatic rings. The van der Waals surface area contributed by atoms with E-state index in [2.05, 4.69) is 4.98 Å². The van der Waals surface area contributed by atoms with Crippen molar-refractivity contribution in [3.8, 4) is 0 Å². The van der Waals surface area contributed by atoms with E-state index in [9.17, 15) is 18.9 Å². The molecule has 1 aromatic heterocycles. The predicted molar refractivity (Wildman–Crippen MR) is 48.6 cm³/mol. The van der Waals surface area contributed by atoms with Crippen LogP contribution >= 0.6 is 22.6 Å². The normalized spacial score (nSPS) is 10.5. The highest BCUT2D eigenvalue weighted by molar-refractivity contribution is 14.1. The second kappa shape index (κ2) is 3.90. The van der Waals surface area contributed by atoms with E-state index in [0.717, 1.165) is 6.07 Å². The fourth-order valence-corrected chi connectivity index (χ4v) is 1.24. The summed E-state index contributed by atoms with van der Waals surface area (Å²) in [7, 11) is 0. The van der Waals surface area contributed by atoms with Crippen LogP contribution in [0.1, 0.15) is 12.1 Å². The minimum atomic E-state index is -2.79. The third kappa shape index (κ3) is 2.29. The maximum Gasteiger partial charge on any atom is 0.363 e. The molecule has 0 fully saturated rings. The predicted octanol–water partition coefficient (Wildman–Crippen LogP) is 2.53. The van der Waals surface area contributed by atoms with Gasteiger partial charge in [-0.05, 0) is 38.6 Å². The standard InChI is InChI=1S/C6H3F2IN2O2/c7-6(8)5-3(9)1-2-4(10-5)11(12)13/h1-2,6H. The Morgan fingerprint density at radius 1 is 1.54 bits per heavy atom. The number of hydrogen-bond donors (Lipinski definition) is 0. The van der Waals surface area contributed by atoms with Crippen LogP contribution in [0.4, 0.5) is 14.6 Å². The molecule has 0 aliphatic heterocycles. The van der Waals surface area contributed by atoms with Crippen LogP contribution < -0.4 is 0 Å². The average molecular weight is 300 g/mol. The van der Waals surface area contributed by atoms with Crippen molar-refractivity contribution in [1.82, 2.24) is 4.98 Å². The second-order valence-electron chi connectivity index (χ2n) is 2.09. The number of nitrogens with zero attached hydrogens (tertiary/aromatic N) is 2. The van der Waals surface area contributed by atoms with Crippen molar-refractivity contribution in [2.24, 2.45) is 0 Å². The Hall–Kier alpha value is -0.860. The lowest BCUT2D eigenvalue weighted by Gasteiger charge is -1.97. The number of alkyl halides is 2. The summed E-state index contributed by atoms with van der Waals surface area (Å²) in [6.45, 7) is 0. The first-order chi connectivity index (χ1) is 6.02. The van der Waals surface area contributed by atoms with Crippen LogP contribution in [0.25, 0.3) is 0 Å². The van der Waals surface area contributed by atoms with Crippen molar-refractivity contribution in [2.45, 2.75) is 6.43 Å². The Kier molecular flexibility index (Phi) is 3.07. The van der Waals surface area contributed by atoms with Crippen LogP contribution in [-0.2, 0) is 0 Å². The minimum Gasteiger partial charge on any atom is -0.358 e. The lowest BCUT2D eigenvalue weighted by atomic mass is 10.3. The molecule has 0 radical (unpaired) electrons. The molecule has 0 aromatic carbocycles. The zero-order chi connectivity index (χ0) is 10.0. The lowest BCUT2D eigenvalue weighted by molar-refractivity contribution is -0.389. The Morgan fingerprint density at radius 2 is 2.15 bits per heavy atom. The van der Waals surface area contributed by atoms with E-state index >= 15 is 0 Å². The quantitative estimate of drug-likeness (QED) is 0.479. The number of pyridine rings is 1. The first kappa shape index (κ1) is 10.2. The molecule has 1 heterocycles. The highest BCUT2D eigenvalue weighted by atomic mass is 127. The lowest BCUT2D eigenvalue weighted by Crippen LogP contribution is -1.99. The van der Waals surface area contributed by atoms with Crippen LogP contribution in [0, 0.1) is 13.7 Å². The molecule has 0 saturated carbocycles. The number of halogens is 3. The summed E-state index contributed by atoms with van der Waals surface area (Å²) >= 11 is 1.65. The number of rotatable bonds is 2. The van der Waals surface area contributed by atoms with Crippen molar-refractivity contribution >= 4 is 28.4 Å². The summed E-state index contributed by atoms with van der Waals surface area (Å²) in [6.07, 6.45) is -2.79. The van der Waals surface area contributed by atoms with E-state index in [1.807, 2.05) is 0 Å². The van der Waals surface area contributed by atoms with Gasteiger partial charge in [0.1, 0.15) is 0 Å².